The zero-order valence-corrected chi connectivity index (χ0v) is 11.9. The van der Waals surface area contributed by atoms with Crippen molar-refractivity contribution in [2.75, 3.05) is 5.32 Å². The Hall–Kier alpha value is -2.97. The van der Waals surface area contributed by atoms with E-state index in [1.54, 1.807) is 12.1 Å². The Bertz CT molecular complexity index is 814. The second kappa shape index (κ2) is 5.67. The quantitative estimate of drug-likeness (QED) is 0.774. The van der Waals surface area contributed by atoms with Crippen LogP contribution in [0.5, 0.6) is 0 Å². The topological polar surface area (TPSA) is 79.4 Å². The van der Waals surface area contributed by atoms with Crippen LogP contribution in [-0.4, -0.2) is 25.1 Å². The van der Waals surface area contributed by atoms with Crippen LogP contribution in [0.2, 0.25) is 0 Å². The highest BCUT2D eigenvalue weighted by molar-refractivity contribution is 5.59. The number of hydrogen-bond donors (Lipinski definition) is 2. The molecule has 0 aliphatic carbocycles. The van der Waals surface area contributed by atoms with Crippen molar-refractivity contribution >= 4 is 11.6 Å². The van der Waals surface area contributed by atoms with Crippen molar-refractivity contribution < 1.29 is 13.2 Å². The number of halogens is 3. The van der Waals surface area contributed by atoms with Crippen molar-refractivity contribution in [1.29, 1.82) is 0 Å². The molecular formula is C14H11F3N6. The van der Waals surface area contributed by atoms with Gasteiger partial charge in [-0.3, -0.25) is 5.10 Å². The number of H-pyrrole nitrogens is 1. The first-order chi connectivity index (χ1) is 10.9. The zero-order valence-electron chi connectivity index (χ0n) is 11.9. The molecule has 0 aliphatic heterocycles. The lowest BCUT2D eigenvalue weighted by atomic mass is 10.2. The third-order valence-corrected chi connectivity index (χ3v) is 2.97. The van der Waals surface area contributed by atoms with Crippen LogP contribution in [0.3, 0.4) is 0 Å². The Labute approximate surface area is 128 Å². The molecule has 3 aromatic heterocycles. The standard InChI is InChI=1S/C14H11F3N6/c1-8-4-10(13-19-7-20-23-13)21-12(5-8)22-11-6-9(2-3-18-11)14(15,16)17/h2-7H,1H3,(H,18,21,22)(H,19,20,23). The predicted octanol–water partition coefficient (Wildman–Crippen LogP) is 3.33. The fourth-order valence-corrected chi connectivity index (χ4v) is 1.99. The number of aromatic amines is 1. The second-order valence-corrected chi connectivity index (χ2v) is 4.80. The summed E-state index contributed by atoms with van der Waals surface area (Å²) in [6, 6.07) is 5.32. The number of pyridine rings is 2. The number of alkyl halides is 3. The van der Waals surface area contributed by atoms with E-state index in [2.05, 4.69) is 30.5 Å². The van der Waals surface area contributed by atoms with E-state index >= 15 is 0 Å². The molecule has 0 saturated carbocycles. The molecule has 23 heavy (non-hydrogen) atoms. The first-order valence-corrected chi connectivity index (χ1v) is 6.56. The molecule has 0 fully saturated rings. The van der Waals surface area contributed by atoms with Crippen LogP contribution >= 0.6 is 0 Å². The van der Waals surface area contributed by atoms with E-state index in [4.69, 9.17) is 0 Å². The van der Waals surface area contributed by atoms with Gasteiger partial charge in [-0.2, -0.15) is 18.3 Å². The van der Waals surface area contributed by atoms with E-state index < -0.39 is 11.7 Å². The molecular weight excluding hydrogens is 309 g/mol. The fraction of sp³-hybridized carbons (Fsp3) is 0.143. The third kappa shape index (κ3) is 3.44. The van der Waals surface area contributed by atoms with Gasteiger partial charge in [0.25, 0.3) is 0 Å². The Kier molecular flexibility index (Phi) is 3.68. The van der Waals surface area contributed by atoms with Gasteiger partial charge in [-0.25, -0.2) is 15.0 Å². The first kappa shape index (κ1) is 14.9. The summed E-state index contributed by atoms with van der Waals surface area (Å²) >= 11 is 0. The summed E-state index contributed by atoms with van der Waals surface area (Å²) in [5.74, 6) is 0.887. The van der Waals surface area contributed by atoms with Crippen molar-refractivity contribution in [1.82, 2.24) is 25.1 Å². The van der Waals surface area contributed by atoms with Gasteiger partial charge < -0.3 is 5.32 Å². The molecule has 0 spiro atoms. The molecule has 0 amide bonds. The lowest BCUT2D eigenvalue weighted by molar-refractivity contribution is -0.137. The highest BCUT2D eigenvalue weighted by atomic mass is 19.4. The van der Waals surface area contributed by atoms with Crippen LogP contribution < -0.4 is 5.32 Å². The summed E-state index contributed by atoms with van der Waals surface area (Å²) in [5.41, 5.74) is 0.607. The van der Waals surface area contributed by atoms with Gasteiger partial charge in [0.1, 0.15) is 23.7 Å². The van der Waals surface area contributed by atoms with Gasteiger partial charge in [0.2, 0.25) is 0 Å². The van der Waals surface area contributed by atoms with Crippen LogP contribution in [0.4, 0.5) is 24.8 Å². The molecule has 0 bridgehead atoms. The van der Waals surface area contributed by atoms with E-state index in [1.807, 2.05) is 6.92 Å². The van der Waals surface area contributed by atoms with Gasteiger partial charge in [0.05, 0.1) is 5.56 Å². The lowest BCUT2D eigenvalue weighted by Crippen LogP contribution is -2.06. The minimum Gasteiger partial charge on any atom is -0.325 e. The van der Waals surface area contributed by atoms with E-state index in [0.717, 1.165) is 23.9 Å². The maximum atomic E-state index is 12.7. The normalized spacial score (nSPS) is 11.5. The number of rotatable bonds is 3. The van der Waals surface area contributed by atoms with Crippen molar-refractivity contribution in [3.8, 4) is 11.5 Å². The molecule has 0 radical (unpaired) electrons. The Morgan fingerprint density at radius 3 is 2.61 bits per heavy atom. The molecule has 6 nitrogen and oxygen atoms in total. The summed E-state index contributed by atoms with van der Waals surface area (Å²) in [5, 5.41) is 9.21. The van der Waals surface area contributed by atoms with Crippen molar-refractivity contribution in [2.24, 2.45) is 0 Å². The van der Waals surface area contributed by atoms with Crippen molar-refractivity contribution in [2.45, 2.75) is 13.1 Å². The predicted molar refractivity (Wildman–Crippen MR) is 76.9 cm³/mol. The minimum atomic E-state index is -4.43. The summed E-state index contributed by atoms with van der Waals surface area (Å²) in [4.78, 5) is 12.2. The largest absolute Gasteiger partial charge is 0.416 e. The van der Waals surface area contributed by atoms with Gasteiger partial charge >= 0.3 is 6.18 Å². The van der Waals surface area contributed by atoms with Gasteiger partial charge in [-0.15, -0.1) is 0 Å². The highest BCUT2D eigenvalue weighted by Crippen LogP contribution is 2.30. The number of nitrogens with zero attached hydrogens (tertiary/aromatic N) is 4. The first-order valence-electron chi connectivity index (χ1n) is 6.56. The molecule has 0 saturated heterocycles. The van der Waals surface area contributed by atoms with E-state index in [1.165, 1.54) is 6.33 Å². The molecule has 0 unspecified atom stereocenters. The van der Waals surface area contributed by atoms with Crippen LogP contribution in [-0.2, 0) is 6.18 Å². The molecule has 9 heteroatoms. The number of nitrogens with one attached hydrogen (secondary N) is 2. The summed E-state index contributed by atoms with van der Waals surface area (Å²) in [7, 11) is 0. The van der Waals surface area contributed by atoms with Gasteiger partial charge in [0, 0.05) is 6.20 Å². The molecule has 2 N–H and O–H groups in total. The number of hydrogen-bond acceptors (Lipinski definition) is 5. The van der Waals surface area contributed by atoms with E-state index in [-0.39, 0.29) is 5.82 Å². The molecule has 3 heterocycles. The van der Waals surface area contributed by atoms with Crippen molar-refractivity contribution in [3.05, 3.63) is 47.9 Å². The van der Waals surface area contributed by atoms with E-state index in [0.29, 0.717) is 17.3 Å². The van der Waals surface area contributed by atoms with Gasteiger partial charge in [-0.05, 0) is 36.8 Å². The Morgan fingerprint density at radius 2 is 1.91 bits per heavy atom. The average molecular weight is 320 g/mol. The monoisotopic (exact) mass is 320 g/mol. The smallest absolute Gasteiger partial charge is 0.325 e. The highest BCUT2D eigenvalue weighted by Gasteiger charge is 2.30. The average Bonchev–Trinajstić information content (AvgIpc) is 3.00. The second-order valence-electron chi connectivity index (χ2n) is 4.80. The molecule has 0 aliphatic rings. The summed E-state index contributed by atoms with van der Waals surface area (Å²) < 4.78 is 38.2. The fourth-order valence-electron chi connectivity index (χ4n) is 1.99. The Morgan fingerprint density at radius 1 is 1.09 bits per heavy atom. The Balaban J connectivity index is 1.92. The summed E-state index contributed by atoms with van der Waals surface area (Å²) in [6.45, 7) is 1.84. The minimum absolute atomic E-state index is 0.0569. The number of anilines is 2. The van der Waals surface area contributed by atoms with Crippen LogP contribution in [0.15, 0.2) is 36.8 Å². The van der Waals surface area contributed by atoms with Crippen LogP contribution in [0.25, 0.3) is 11.5 Å². The number of aryl methyl sites for hydroxylation is 1. The number of aromatic nitrogens is 5. The van der Waals surface area contributed by atoms with Crippen LogP contribution in [0, 0.1) is 6.92 Å². The molecule has 3 aromatic rings. The lowest BCUT2D eigenvalue weighted by Gasteiger charge is -2.10. The summed E-state index contributed by atoms with van der Waals surface area (Å²) in [6.07, 6.45) is -1.98. The van der Waals surface area contributed by atoms with Crippen LogP contribution in [0.1, 0.15) is 11.1 Å². The van der Waals surface area contributed by atoms with Gasteiger partial charge in [-0.1, -0.05) is 0 Å². The van der Waals surface area contributed by atoms with Gasteiger partial charge in [0.15, 0.2) is 5.82 Å². The maximum Gasteiger partial charge on any atom is 0.416 e. The third-order valence-electron chi connectivity index (χ3n) is 2.97. The van der Waals surface area contributed by atoms with Crippen molar-refractivity contribution in [3.63, 3.8) is 0 Å². The zero-order chi connectivity index (χ0) is 16.4. The molecule has 0 atom stereocenters. The molecule has 0 aromatic carbocycles. The molecule has 3 rings (SSSR count). The molecule has 118 valence electrons. The van der Waals surface area contributed by atoms with E-state index in [9.17, 15) is 13.2 Å². The maximum absolute atomic E-state index is 12.7. The SMILES string of the molecule is Cc1cc(Nc2cc(C(F)(F)F)ccn2)nc(-c2ncn[nH]2)c1.